The number of aliphatic imine (C=N–C) groups is 1. The fourth-order valence-electron chi connectivity index (χ4n) is 2.78. The highest BCUT2D eigenvalue weighted by molar-refractivity contribution is 7.80. The van der Waals surface area contributed by atoms with Gasteiger partial charge in [0.25, 0.3) is 0 Å². The van der Waals surface area contributed by atoms with Crippen molar-refractivity contribution in [3.8, 4) is 0 Å². The molecule has 0 aliphatic carbocycles. The lowest BCUT2D eigenvalue weighted by Gasteiger charge is -2.15. The summed E-state index contributed by atoms with van der Waals surface area (Å²) in [4.78, 5) is 13.3. The Balaban J connectivity index is 1.69. The Morgan fingerprint density at radius 1 is 1.21 bits per heavy atom. The summed E-state index contributed by atoms with van der Waals surface area (Å²) in [6.45, 7) is 5.06. The number of rotatable bonds is 4. The highest BCUT2D eigenvalue weighted by Gasteiger charge is 2.15. The summed E-state index contributed by atoms with van der Waals surface area (Å²) in [5, 5.41) is 9.42. The molecule has 1 fully saturated rings. The number of hydrogen-bond donors (Lipinski definition) is 3. The Morgan fingerprint density at radius 2 is 1.93 bits per heavy atom. The molecule has 1 aliphatic rings. The van der Waals surface area contributed by atoms with E-state index in [1.165, 1.54) is 12.1 Å². The SMILES string of the molecule is Cc1cc(C)nc(NC(=NCC2CCCO2)NC(=S)Nc2ccc(F)cc2)n1. The fraction of sp³-hybridized carbons (Fsp3) is 0.368. The van der Waals surface area contributed by atoms with Gasteiger partial charge in [-0.3, -0.25) is 5.32 Å². The molecule has 1 aliphatic heterocycles. The van der Waals surface area contributed by atoms with Crippen molar-refractivity contribution in [1.29, 1.82) is 0 Å². The minimum atomic E-state index is -0.308. The number of nitrogens with one attached hydrogen (secondary N) is 3. The van der Waals surface area contributed by atoms with Crippen LogP contribution in [0.1, 0.15) is 24.2 Å². The Morgan fingerprint density at radius 3 is 2.57 bits per heavy atom. The van der Waals surface area contributed by atoms with Gasteiger partial charge in [-0.25, -0.2) is 19.4 Å². The van der Waals surface area contributed by atoms with Crippen LogP contribution in [0.4, 0.5) is 16.0 Å². The van der Waals surface area contributed by atoms with Gasteiger partial charge in [0.2, 0.25) is 11.9 Å². The zero-order valence-corrected chi connectivity index (χ0v) is 16.6. The lowest BCUT2D eigenvalue weighted by atomic mass is 10.2. The molecule has 9 heteroatoms. The third-order valence-corrected chi connectivity index (χ3v) is 4.23. The van der Waals surface area contributed by atoms with Gasteiger partial charge in [0.15, 0.2) is 5.11 Å². The van der Waals surface area contributed by atoms with E-state index in [9.17, 15) is 4.39 Å². The molecule has 0 bridgehead atoms. The first-order valence-corrected chi connectivity index (χ1v) is 9.48. The van der Waals surface area contributed by atoms with E-state index in [2.05, 4.69) is 30.9 Å². The van der Waals surface area contributed by atoms with Crippen LogP contribution >= 0.6 is 12.2 Å². The average Bonchev–Trinajstić information content (AvgIpc) is 3.14. The highest BCUT2D eigenvalue weighted by Crippen LogP contribution is 2.12. The standard InChI is InChI=1S/C19H23FN6OS/c1-12-10-13(2)23-18(22-12)25-17(21-11-16-4-3-9-27-16)26-19(28)24-15-7-5-14(20)6-8-15/h5-8,10,16H,3-4,9,11H2,1-2H3,(H3,21,22,23,24,25,26,28). The van der Waals surface area contributed by atoms with Crippen molar-refractivity contribution in [2.45, 2.75) is 32.8 Å². The second-order valence-electron chi connectivity index (χ2n) is 6.51. The number of aryl methyl sites for hydroxylation is 2. The van der Waals surface area contributed by atoms with Crippen molar-refractivity contribution in [3.05, 3.63) is 47.5 Å². The van der Waals surface area contributed by atoms with E-state index in [0.29, 0.717) is 29.3 Å². The minimum absolute atomic E-state index is 0.0948. The molecule has 0 radical (unpaired) electrons. The van der Waals surface area contributed by atoms with Crippen molar-refractivity contribution < 1.29 is 9.13 Å². The second kappa shape index (κ2) is 9.52. The van der Waals surface area contributed by atoms with Gasteiger partial charge in [-0.2, -0.15) is 0 Å². The molecule has 28 heavy (non-hydrogen) atoms. The van der Waals surface area contributed by atoms with Crippen LogP contribution in [0, 0.1) is 19.7 Å². The van der Waals surface area contributed by atoms with Gasteiger partial charge in [0.05, 0.1) is 12.6 Å². The fourth-order valence-corrected chi connectivity index (χ4v) is 3.00. The smallest absolute Gasteiger partial charge is 0.229 e. The number of hydrogen-bond acceptors (Lipinski definition) is 5. The van der Waals surface area contributed by atoms with Gasteiger partial charge in [-0.15, -0.1) is 0 Å². The van der Waals surface area contributed by atoms with E-state index in [1.54, 1.807) is 12.1 Å². The van der Waals surface area contributed by atoms with Gasteiger partial charge in [0, 0.05) is 23.7 Å². The number of aromatic nitrogens is 2. The van der Waals surface area contributed by atoms with Crippen LogP contribution in [-0.2, 0) is 4.74 Å². The zero-order chi connectivity index (χ0) is 19.9. The summed E-state index contributed by atoms with van der Waals surface area (Å²) >= 11 is 5.35. The summed E-state index contributed by atoms with van der Waals surface area (Å²) in [6.07, 6.45) is 2.12. The lowest BCUT2D eigenvalue weighted by molar-refractivity contribution is 0.118. The lowest BCUT2D eigenvalue weighted by Crippen LogP contribution is -2.39. The van der Waals surface area contributed by atoms with E-state index in [1.807, 2.05) is 19.9 Å². The minimum Gasteiger partial charge on any atom is -0.376 e. The van der Waals surface area contributed by atoms with Crippen LogP contribution < -0.4 is 16.0 Å². The Bertz CT molecular complexity index is 832. The Hall–Kier alpha value is -2.65. The second-order valence-corrected chi connectivity index (χ2v) is 6.92. The van der Waals surface area contributed by atoms with Crippen molar-refractivity contribution in [3.63, 3.8) is 0 Å². The van der Waals surface area contributed by atoms with Gasteiger partial charge in [-0.1, -0.05) is 0 Å². The molecule has 0 spiro atoms. The van der Waals surface area contributed by atoms with E-state index < -0.39 is 0 Å². The predicted octanol–water partition coefficient (Wildman–Crippen LogP) is 3.17. The number of benzene rings is 1. The first kappa shape index (κ1) is 20.1. The van der Waals surface area contributed by atoms with Crippen molar-refractivity contribution in [2.24, 2.45) is 4.99 Å². The van der Waals surface area contributed by atoms with E-state index in [4.69, 9.17) is 17.0 Å². The van der Waals surface area contributed by atoms with Gasteiger partial charge < -0.3 is 15.4 Å². The molecule has 1 aromatic heterocycles. The molecule has 0 amide bonds. The number of nitrogens with zero attached hydrogens (tertiary/aromatic N) is 3. The van der Waals surface area contributed by atoms with E-state index >= 15 is 0 Å². The monoisotopic (exact) mass is 402 g/mol. The number of thiocarbonyl (C=S) groups is 1. The number of ether oxygens (including phenoxy) is 1. The summed E-state index contributed by atoms with van der Waals surface area (Å²) in [6, 6.07) is 7.82. The zero-order valence-electron chi connectivity index (χ0n) is 15.8. The van der Waals surface area contributed by atoms with Crippen molar-refractivity contribution in [1.82, 2.24) is 15.3 Å². The Labute approximate surface area is 168 Å². The molecule has 1 unspecified atom stereocenters. The van der Waals surface area contributed by atoms with E-state index in [-0.39, 0.29) is 11.9 Å². The summed E-state index contributed by atoms with van der Waals surface area (Å²) in [5.74, 6) is 0.539. The first-order chi connectivity index (χ1) is 13.5. The molecule has 1 atom stereocenters. The molecule has 7 nitrogen and oxygen atoms in total. The maximum Gasteiger partial charge on any atom is 0.229 e. The number of anilines is 2. The normalized spacial score (nSPS) is 16.7. The Kier molecular flexibility index (Phi) is 6.83. The quantitative estimate of drug-likeness (QED) is 0.412. The van der Waals surface area contributed by atoms with Crippen LogP contribution in [0.5, 0.6) is 0 Å². The van der Waals surface area contributed by atoms with Gasteiger partial charge in [-0.05, 0) is 69.2 Å². The number of guanidine groups is 1. The maximum absolute atomic E-state index is 13.1. The average molecular weight is 402 g/mol. The van der Waals surface area contributed by atoms with Gasteiger partial charge >= 0.3 is 0 Å². The topological polar surface area (TPSA) is 83.5 Å². The van der Waals surface area contributed by atoms with Crippen molar-refractivity contribution in [2.75, 3.05) is 23.8 Å². The highest BCUT2D eigenvalue weighted by atomic mass is 32.1. The van der Waals surface area contributed by atoms with Crippen LogP contribution in [0.25, 0.3) is 0 Å². The number of halogens is 1. The largest absolute Gasteiger partial charge is 0.376 e. The molecule has 2 heterocycles. The summed E-state index contributed by atoms with van der Waals surface area (Å²) < 4.78 is 18.7. The van der Waals surface area contributed by atoms with Crippen molar-refractivity contribution >= 4 is 34.9 Å². The van der Waals surface area contributed by atoms with Crippen LogP contribution in [0.3, 0.4) is 0 Å². The van der Waals surface area contributed by atoms with Gasteiger partial charge in [0.1, 0.15) is 5.82 Å². The summed E-state index contributed by atoms with van der Waals surface area (Å²) in [7, 11) is 0. The summed E-state index contributed by atoms with van der Waals surface area (Å²) in [5.41, 5.74) is 2.36. The predicted molar refractivity (Wildman–Crippen MR) is 112 cm³/mol. The van der Waals surface area contributed by atoms with Crippen LogP contribution in [0.2, 0.25) is 0 Å². The molecule has 1 saturated heterocycles. The molecule has 148 valence electrons. The van der Waals surface area contributed by atoms with Crippen LogP contribution in [-0.4, -0.2) is 40.3 Å². The molecule has 0 saturated carbocycles. The molecule has 1 aromatic carbocycles. The molecular formula is C19H23FN6OS. The van der Waals surface area contributed by atoms with E-state index in [0.717, 1.165) is 30.8 Å². The molecule has 3 rings (SSSR count). The third kappa shape index (κ3) is 6.21. The maximum atomic E-state index is 13.1. The third-order valence-electron chi connectivity index (χ3n) is 4.02. The molecular weight excluding hydrogens is 379 g/mol. The first-order valence-electron chi connectivity index (χ1n) is 9.07. The molecule has 2 aromatic rings. The molecule has 3 N–H and O–H groups in total. The van der Waals surface area contributed by atoms with Crippen LogP contribution in [0.15, 0.2) is 35.3 Å².